The number of rotatable bonds is 2. The second-order valence-corrected chi connectivity index (χ2v) is 12.6. The fraction of sp³-hybridized carbons (Fsp3) is 0.310. The highest BCUT2D eigenvalue weighted by atomic mass is 32.2. The van der Waals surface area contributed by atoms with Crippen molar-refractivity contribution in [3.8, 4) is 0 Å². The van der Waals surface area contributed by atoms with E-state index in [9.17, 15) is 0 Å². The molecule has 0 saturated heterocycles. The van der Waals surface area contributed by atoms with Gasteiger partial charge in [0.25, 0.3) is 0 Å². The maximum Gasteiger partial charge on any atom is 0.0618 e. The van der Waals surface area contributed by atoms with Gasteiger partial charge in [-0.25, -0.2) is 0 Å². The van der Waals surface area contributed by atoms with Crippen molar-refractivity contribution in [3.63, 3.8) is 0 Å². The maximum absolute atomic E-state index is 2.53. The van der Waals surface area contributed by atoms with Crippen LogP contribution in [0.25, 0.3) is 9.81 Å². The van der Waals surface area contributed by atoms with Crippen molar-refractivity contribution in [1.29, 1.82) is 0 Å². The average molecular weight is 441 g/mol. The molecular weight excluding hydrogens is 412 g/mol. The first-order chi connectivity index (χ1) is 14.9. The molecule has 0 spiro atoms. The third-order valence-electron chi connectivity index (χ3n) is 7.66. The fourth-order valence-corrected chi connectivity index (χ4v) is 8.85. The van der Waals surface area contributed by atoms with Crippen LogP contribution < -0.4 is 0 Å². The Morgan fingerprint density at radius 1 is 0.613 bits per heavy atom. The molecule has 0 nitrogen and oxygen atoms in total. The van der Waals surface area contributed by atoms with Gasteiger partial charge in [0.05, 0.1) is 9.49 Å². The lowest BCUT2D eigenvalue weighted by Crippen LogP contribution is -2.47. The van der Waals surface area contributed by atoms with Gasteiger partial charge in [0.1, 0.15) is 0 Å². The summed E-state index contributed by atoms with van der Waals surface area (Å²) >= 11 is 4.19. The van der Waals surface area contributed by atoms with E-state index in [0.717, 1.165) is 0 Å². The van der Waals surface area contributed by atoms with E-state index < -0.39 is 0 Å². The van der Waals surface area contributed by atoms with Gasteiger partial charge in [-0.15, -0.1) is 23.5 Å². The van der Waals surface area contributed by atoms with Crippen LogP contribution in [-0.2, 0) is 0 Å². The smallest absolute Gasteiger partial charge is 0.0618 e. The molecule has 2 aromatic rings. The molecule has 2 heteroatoms. The lowest BCUT2D eigenvalue weighted by molar-refractivity contribution is 0.607. The standard InChI is InChI=1S/C29H28S2/c1-18-8-12-20(13-9-18)26-16-24-22-6-5-7-23(22)25-17-27(21-14-10-19(2)11-15-21)31-29(25,4)28(24,3)30-26/h8-17H,5-7H2,1-4H3. The van der Waals surface area contributed by atoms with Crippen LogP contribution in [0, 0.1) is 13.8 Å². The summed E-state index contributed by atoms with van der Waals surface area (Å²) in [4.78, 5) is 2.87. The molecule has 0 amide bonds. The fourth-order valence-electron chi connectivity index (χ4n) is 5.66. The third-order valence-corrected chi connectivity index (χ3v) is 11.0. The minimum atomic E-state index is 0.0549. The summed E-state index contributed by atoms with van der Waals surface area (Å²) in [6.07, 6.45) is 8.82. The maximum atomic E-state index is 2.53. The Kier molecular flexibility index (Phi) is 4.33. The zero-order valence-corrected chi connectivity index (χ0v) is 20.3. The van der Waals surface area contributed by atoms with Gasteiger partial charge in [0, 0.05) is 9.81 Å². The first-order valence-electron chi connectivity index (χ1n) is 11.3. The monoisotopic (exact) mass is 440 g/mol. The molecule has 0 N–H and O–H groups in total. The summed E-state index contributed by atoms with van der Waals surface area (Å²) in [5.41, 5.74) is 11.8. The third kappa shape index (κ3) is 2.77. The van der Waals surface area contributed by atoms with Crippen LogP contribution in [0.2, 0.25) is 0 Å². The van der Waals surface area contributed by atoms with E-state index >= 15 is 0 Å². The second kappa shape index (κ2) is 6.80. The van der Waals surface area contributed by atoms with E-state index in [1.54, 1.807) is 22.3 Å². The van der Waals surface area contributed by atoms with Crippen LogP contribution in [0.15, 0.2) is 83.0 Å². The van der Waals surface area contributed by atoms with Crippen molar-refractivity contribution < 1.29 is 0 Å². The summed E-state index contributed by atoms with van der Waals surface area (Å²) in [6, 6.07) is 18.2. The van der Waals surface area contributed by atoms with Gasteiger partial charge in [-0.3, -0.25) is 0 Å². The van der Waals surface area contributed by atoms with E-state index in [1.807, 2.05) is 0 Å². The molecule has 1 fully saturated rings. The molecule has 2 aliphatic carbocycles. The number of hydrogen-bond acceptors (Lipinski definition) is 2. The van der Waals surface area contributed by atoms with Crippen LogP contribution in [0.5, 0.6) is 0 Å². The van der Waals surface area contributed by atoms with Crippen molar-refractivity contribution in [2.45, 2.75) is 56.5 Å². The molecule has 2 aromatic carbocycles. The predicted octanol–water partition coefficient (Wildman–Crippen LogP) is 8.49. The Bertz CT molecular complexity index is 1120. The summed E-state index contributed by atoms with van der Waals surface area (Å²) in [7, 11) is 0. The lowest BCUT2D eigenvalue weighted by Gasteiger charge is -2.47. The molecular formula is C29H28S2. The van der Waals surface area contributed by atoms with Crippen LogP contribution in [0.1, 0.15) is 55.4 Å². The van der Waals surface area contributed by atoms with E-state index in [4.69, 9.17) is 0 Å². The Hall–Kier alpha value is -1.90. The summed E-state index contributed by atoms with van der Waals surface area (Å²) in [5.74, 6) is 0. The molecule has 2 unspecified atom stereocenters. The molecule has 2 aliphatic heterocycles. The highest BCUT2D eigenvalue weighted by molar-refractivity contribution is 8.14. The molecule has 156 valence electrons. The molecule has 0 bridgehead atoms. The molecule has 2 atom stereocenters. The molecule has 6 rings (SSSR count). The van der Waals surface area contributed by atoms with Crippen molar-refractivity contribution in [1.82, 2.24) is 0 Å². The lowest BCUT2D eigenvalue weighted by atomic mass is 9.72. The van der Waals surface area contributed by atoms with Crippen molar-refractivity contribution in [2.75, 3.05) is 0 Å². The highest BCUT2D eigenvalue weighted by Gasteiger charge is 2.59. The number of thioether (sulfide) groups is 2. The van der Waals surface area contributed by atoms with E-state index in [1.165, 1.54) is 51.3 Å². The summed E-state index contributed by atoms with van der Waals surface area (Å²) < 4.78 is 0.110. The van der Waals surface area contributed by atoms with Crippen molar-refractivity contribution in [2.24, 2.45) is 0 Å². The molecule has 2 heterocycles. The van der Waals surface area contributed by atoms with Crippen molar-refractivity contribution in [3.05, 3.63) is 105 Å². The Balaban J connectivity index is 1.48. The zero-order chi connectivity index (χ0) is 21.4. The minimum Gasteiger partial charge on any atom is -0.112 e. The van der Waals surface area contributed by atoms with Gasteiger partial charge in [-0.05, 0) is 92.5 Å². The molecule has 1 saturated carbocycles. The van der Waals surface area contributed by atoms with E-state index in [0.29, 0.717) is 0 Å². The Labute approximate surface area is 194 Å². The number of aryl methyl sites for hydroxylation is 2. The minimum absolute atomic E-state index is 0.0549. The van der Waals surface area contributed by atoms with Gasteiger partial charge in [-0.1, -0.05) is 59.7 Å². The molecule has 4 aliphatic rings. The summed E-state index contributed by atoms with van der Waals surface area (Å²) in [5, 5.41) is 0. The largest absolute Gasteiger partial charge is 0.112 e. The van der Waals surface area contributed by atoms with Crippen LogP contribution >= 0.6 is 23.5 Å². The molecule has 0 radical (unpaired) electrons. The van der Waals surface area contributed by atoms with E-state index in [-0.39, 0.29) is 9.49 Å². The normalized spacial score (nSPS) is 29.0. The van der Waals surface area contributed by atoms with Gasteiger partial charge in [0.15, 0.2) is 0 Å². The predicted molar refractivity (Wildman–Crippen MR) is 138 cm³/mol. The second-order valence-electron chi connectivity index (χ2n) is 9.66. The first kappa shape index (κ1) is 19.8. The zero-order valence-electron chi connectivity index (χ0n) is 18.7. The molecule has 31 heavy (non-hydrogen) atoms. The Morgan fingerprint density at radius 3 is 1.39 bits per heavy atom. The van der Waals surface area contributed by atoms with Gasteiger partial charge >= 0.3 is 0 Å². The van der Waals surface area contributed by atoms with Gasteiger partial charge in [0.2, 0.25) is 0 Å². The number of hydrogen-bond donors (Lipinski definition) is 0. The topological polar surface area (TPSA) is 0 Å². The van der Waals surface area contributed by atoms with E-state index in [2.05, 4.69) is 112 Å². The Morgan fingerprint density at radius 2 is 1.00 bits per heavy atom. The molecule has 0 aromatic heterocycles. The van der Waals surface area contributed by atoms with Crippen LogP contribution in [-0.4, -0.2) is 9.49 Å². The highest BCUT2D eigenvalue weighted by Crippen LogP contribution is 2.70. The number of allylic oxidation sites excluding steroid dienone is 4. The van der Waals surface area contributed by atoms with Crippen molar-refractivity contribution >= 4 is 33.3 Å². The van der Waals surface area contributed by atoms with Gasteiger partial charge in [-0.2, -0.15) is 0 Å². The quantitative estimate of drug-likeness (QED) is 0.459. The first-order valence-corrected chi connectivity index (χ1v) is 13.0. The van der Waals surface area contributed by atoms with Crippen LogP contribution in [0.4, 0.5) is 0 Å². The van der Waals surface area contributed by atoms with Gasteiger partial charge < -0.3 is 0 Å². The SMILES string of the molecule is Cc1ccc(C2=CC3=C4CCCC4=C4C=C(c5ccc(C)cc5)SC4(C)C3(C)S2)cc1. The number of fused-ring (bicyclic) bond motifs is 4. The van der Waals surface area contributed by atoms with Crippen LogP contribution in [0.3, 0.4) is 0 Å². The number of benzene rings is 2. The summed E-state index contributed by atoms with van der Waals surface area (Å²) in [6.45, 7) is 9.35. The average Bonchev–Trinajstić information content (AvgIpc) is 3.45.